The molecule has 0 saturated heterocycles. The number of ether oxygens (including phenoxy) is 1. The molecule has 0 heterocycles. The predicted octanol–water partition coefficient (Wildman–Crippen LogP) is 0.868. The Kier molecular flexibility index (Phi) is 4.52. The van der Waals surface area contributed by atoms with Crippen molar-refractivity contribution in [3.05, 3.63) is 35.6 Å². The molecule has 0 aliphatic heterocycles. The minimum atomic E-state index is -0.776. The molecule has 0 radical (unpaired) electrons. The molecule has 14 heavy (non-hydrogen) atoms. The summed E-state index contributed by atoms with van der Waals surface area (Å²) < 4.78 is 17.4. The normalized spacial score (nSPS) is 12.8. The average Bonchev–Trinajstić information content (AvgIpc) is 2.19. The first-order chi connectivity index (χ1) is 6.74. The fourth-order valence-electron chi connectivity index (χ4n) is 1.04. The van der Waals surface area contributed by atoms with Crippen LogP contribution in [0.15, 0.2) is 24.3 Å². The minimum Gasteiger partial charge on any atom is -0.394 e. The largest absolute Gasteiger partial charge is 0.394 e. The molecule has 1 rings (SSSR count). The molecule has 1 unspecified atom stereocenters. The molecule has 3 nitrogen and oxygen atoms in total. The number of rotatable bonds is 5. The fraction of sp³-hybridized carbons (Fsp3) is 0.400. The minimum absolute atomic E-state index is 0.0733. The SMILES string of the molecule is OCCOCC(O)c1ccc(F)cc1. The highest BCUT2D eigenvalue weighted by atomic mass is 19.1. The van der Waals surface area contributed by atoms with Crippen LogP contribution in [0.5, 0.6) is 0 Å². The second-order valence-electron chi connectivity index (χ2n) is 2.87. The van der Waals surface area contributed by atoms with Crippen molar-refractivity contribution in [2.45, 2.75) is 6.10 Å². The summed E-state index contributed by atoms with van der Waals surface area (Å²) in [7, 11) is 0. The van der Waals surface area contributed by atoms with E-state index in [9.17, 15) is 9.50 Å². The Hall–Kier alpha value is -0.970. The lowest BCUT2D eigenvalue weighted by Gasteiger charge is -2.10. The quantitative estimate of drug-likeness (QED) is 0.693. The van der Waals surface area contributed by atoms with Gasteiger partial charge in [-0.1, -0.05) is 12.1 Å². The van der Waals surface area contributed by atoms with Crippen molar-refractivity contribution in [3.8, 4) is 0 Å². The van der Waals surface area contributed by atoms with Gasteiger partial charge in [-0.2, -0.15) is 0 Å². The van der Waals surface area contributed by atoms with Crippen LogP contribution in [-0.4, -0.2) is 30.0 Å². The van der Waals surface area contributed by atoms with Crippen molar-refractivity contribution in [2.75, 3.05) is 19.8 Å². The van der Waals surface area contributed by atoms with Gasteiger partial charge in [0.25, 0.3) is 0 Å². The molecule has 0 fully saturated rings. The van der Waals surface area contributed by atoms with Gasteiger partial charge in [0, 0.05) is 0 Å². The lowest BCUT2D eigenvalue weighted by Crippen LogP contribution is -2.09. The first-order valence-corrected chi connectivity index (χ1v) is 4.36. The van der Waals surface area contributed by atoms with Crippen molar-refractivity contribution in [3.63, 3.8) is 0 Å². The van der Waals surface area contributed by atoms with Crippen LogP contribution in [0, 0.1) is 5.82 Å². The monoisotopic (exact) mass is 200 g/mol. The van der Waals surface area contributed by atoms with E-state index in [-0.39, 0.29) is 25.6 Å². The Labute approximate surface area is 81.8 Å². The van der Waals surface area contributed by atoms with Gasteiger partial charge in [-0.25, -0.2) is 4.39 Å². The highest BCUT2D eigenvalue weighted by Crippen LogP contribution is 2.13. The van der Waals surface area contributed by atoms with Crippen LogP contribution in [0.3, 0.4) is 0 Å². The van der Waals surface area contributed by atoms with E-state index in [2.05, 4.69) is 0 Å². The summed E-state index contributed by atoms with van der Waals surface area (Å²) in [6.45, 7) is 0.223. The number of aliphatic hydroxyl groups excluding tert-OH is 2. The number of benzene rings is 1. The number of aliphatic hydroxyl groups is 2. The molecule has 0 aliphatic carbocycles. The topological polar surface area (TPSA) is 49.7 Å². The Balaban J connectivity index is 2.43. The van der Waals surface area contributed by atoms with Gasteiger partial charge in [0.2, 0.25) is 0 Å². The van der Waals surface area contributed by atoms with E-state index in [0.717, 1.165) is 0 Å². The maximum absolute atomic E-state index is 12.5. The lowest BCUT2D eigenvalue weighted by molar-refractivity contribution is 0.0206. The fourth-order valence-corrected chi connectivity index (χ4v) is 1.04. The summed E-state index contributed by atoms with van der Waals surface area (Å²) in [5.74, 6) is -0.336. The highest BCUT2D eigenvalue weighted by Gasteiger charge is 2.06. The van der Waals surface area contributed by atoms with Gasteiger partial charge >= 0.3 is 0 Å². The number of halogens is 1. The zero-order valence-corrected chi connectivity index (χ0v) is 7.69. The number of hydrogen-bond donors (Lipinski definition) is 2. The molecule has 1 aromatic rings. The van der Waals surface area contributed by atoms with Gasteiger partial charge in [-0.15, -0.1) is 0 Å². The van der Waals surface area contributed by atoms with E-state index < -0.39 is 6.10 Å². The van der Waals surface area contributed by atoms with E-state index in [4.69, 9.17) is 9.84 Å². The first kappa shape index (κ1) is 11.1. The highest BCUT2D eigenvalue weighted by molar-refractivity contribution is 5.18. The van der Waals surface area contributed by atoms with E-state index in [1.165, 1.54) is 24.3 Å². The van der Waals surface area contributed by atoms with Crippen LogP contribution in [0.25, 0.3) is 0 Å². The van der Waals surface area contributed by atoms with Crippen molar-refractivity contribution in [1.82, 2.24) is 0 Å². The summed E-state index contributed by atoms with van der Waals surface area (Å²) in [5, 5.41) is 17.9. The zero-order valence-electron chi connectivity index (χ0n) is 7.69. The molecular formula is C10H13FO3. The van der Waals surface area contributed by atoms with Crippen LogP contribution in [0.1, 0.15) is 11.7 Å². The van der Waals surface area contributed by atoms with E-state index in [0.29, 0.717) is 5.56 Å². The zero-order chi connectivity index (χ0) is 10.4. The Morgan fingerprint density at radius 3 is 2.50 bits per heavy atom. The molecule has 0 saturated carbocycles. The standard InChI is InChI=1S/C10H13FO3/c11-9-3-1-8(2-4-9)10(13)7-14-6-5-12/h1-4,10,12-13H,5-7H2. The van der Waals surface area contributed by atoms with Crippen molar-refractivity contribution in [1.29, 1.82) is 0 Å². The van der Waals surface area contributed by atoms with Crippen molar-refractivity contribution in [2.24, 2.45) is 0 Å². The van der Waals surface area contributed by atoms with Crippen LogP contribution in [-0.2, 0) is 4.74 Å². The molecule has 1 atom stereocenters. The maximum Gasteiger partial charge on any atom is 0.123 e. The summed E-state index contributed by atoms with van der Waals surface area (Å²) in [6, 6.07) is 5.57. The average molecular weight is 200 g/mol. The molecule has 0 aliphatic rings. The smallest absolute Gasteiger partial charge is 0.123 e. The third-order valence-electron chi connectivity index (χ3n) is 1.77. The molecule has 4 heteroatoms. The predicted molar refractivity (Wildman–Crippen MR) is 49.3 cm³/mol. The van der Waals surface area contributed by atoms with Crippen molar-refractivity contribution < 1.29 is 19.3 Å². The summed E-state index contributed by atoms with van der Waals surface area (Å²) in [4.78, 5) is 0. The van der Waals surface area contributed by atoms with Gasteiger partial charge in [0.15, 0.2) is 0 Å². The number of hydrogen-bond acceptors (Lipinski definition) is 3. The van der Waals surface area contributed by atoms with Gasteiger partial charge in [0.05, 0.1) is 19.8 Å². The van der Waals surface area contributed by atoms with Gasteiger partial charge in [0.1, 0.15) is 11.9 Å². The van der Waals surface area contributed by atoms with E-state index in [1.807, 2.05) is 0 Å². The Morgan fingerprint density at radius 1 is 1.29 bits per heavy atom. The van der Waals surface area contributed by atoms with E-state index >= 15 is 0 Å². The molecule has 1 aromatic carbocycles. The van der Waals surface area contributed by atoms with E-state index in [1.54, 1.807) is 0 Å². The van der Waals surface area contributed by atoms with Crippen LogP contribution < -0.4 is 0 Å². The summed E-state index contributed by atoms with van der Waals surface area (Å²) in [5.41, 5.74) is 0.601. The maximum atomic E-state index is 12.5. The molecule has 0 aromatic heterocycles. The molecule has 0 bridgehead atoms. The Bertz CT molecular complexity index is 261. The molecular weight excluding hydrogens is 187 g/mol. The van der Waals surface area contributed by atoms with Gasteiger partial charge in [-0.3, -0.25) is 0 Å². The molecule has 0 spiro atoms. The summed E-state index contributed by atoms with van der Waals surface area (Å²) in [6.07, 6.45) is -0.776. The molecule has 78 valence electrons. The summed E-state index contributed by atoms with van der Waals surface area (Å²) >= 11 is 0. The third-order valence-corrected chi connectivity index (χ3v) is 1.77. The van der Waals surface area contributed by atoms with Gasteiger partial charge < -0.3 is 14.9 Å². The Morgan fingerprint density at radius 2 is 1.93 bits per heavy atom. The third kappa shape index (κ3) is 3.41. The first-order valence-electron chi connectivity index (χ1n) is 4.36. The molecule has 2 N–H and O–H groups in total. The van der Waals surface area contributed by atoms with Crippen LogP contribution in [0.4, 0.5) is 4.39 Å². The second kappa shape index (κ2) is 5.70. The lowest BCUT2D eigenvalue weighted by atomic mass is 10.1. The van der Waals surface area contributed by atoms with Crippen LogP contribution >= 0.6 is 0 Å². The van der Waals surface area contributed by atoms with Crippen LogP contribution in [0.2, 0.25) is 0 Å². The van der Waals surface area contributed by atoms with Gasteiger partial charge in [-0.05, 0) is 17.7 Å². The molecule has 0 amide bonds. The van der Waals surface area contributed by atoms with Crippen molar-refractivity contribution >= 4 is 0 Å². The second-order valence-corrected chi connectivity index (χ2v) is 2.87.